The molecule has 8 nitrogen and oxygen atoms in total. The molecule has 2 aromatic rings. The first kappa shape index (κ1) is 16.8. The first-order valence-corrected chi connectivity index (χ1v) is 6.97. The molecule has 0 unspecified atom stereocenters. The van der Waals surface area contributed by atoms with Crippen LogP contribution in [-0.2, 0) is 0 Å². The quantitative estimate of drug-likeness (QED) is 0.493. The van der Waals surface area contributed by atoms with Crippen LogP contribution in [0.25, 0.3) is 0 Å². The molecule has 0 aliphatic rings. The normalized spacial score (nSPS) is 10.8. The molecule has 0 spiro atoms. The van der Waals surface area contributed by atoms with Gasteiger partial charge < -0.3 is 27.3 Å². The molecule has 2 rings (SSSR count). The van der Waals surface area contributed by atoms with Crippen LogP contribution in [0.2, 0.25) is 0 Å². The number of carbonyl (C=O) groups is 1. The number of hydrogen-bond acceptors (Lipinski definition) is 3. The maximum absolute atomic E-state index is 12.3. The van der Waals surface area contributed by atoms with Crippen molar-refractivity contribution in [1.29, 1.82) is 0 Å². The first-order chi connectivity index (χ1) is 11.5. The summed E-state index contributed by atoms with van der Waals surface area (Å²) in [5.74, 6) is 0.0698. The van der Waals surface area contributed by atoms with Crippen LogP contribution in [0.1, 0.15) is 10.4 Å². The number of methoxy groups -OCH3 is 1. The molecule has 0 bridgehead atoms. The molecular formula is C16H18N6O2. The zero-order valence-electron chi connectivity index (χ0n) is 13.1. The average molecular weight is 326 g/mol. The highest BCUT2D eigenvalue weighted by Gasteiger charge is 2.07. The smallest absolute Gasteiger partial charge is 0.255 e. The van der Waals surface area contributed by atoms with E-state index in [1.54, 1.807) is 55.6 Å². The molecule has 0 fully saturated rings. The molecule has 7 N–H and O–H groups in total. The summed E-state index contributed by atoms with van der Waals surface area (Å²) in [6, 6.07) is 13.6. The third-order valence-corrected chi connectivity index (χ3v) is 2.92. The molecule has 2 aromatic carbocycles. The van der Waals surface area contributed by atoms with E-state index in [0.29, 0.717) is 22.7 Å². The van der Waals surface area contributed by atoms with Crippen molar-refractivity contribution in [1.82, 2.24) is 0 Å². The Bertz CT molecular complexity index is 797. The van der Waals surface area contributed by atoms with Crippen molar-refractivity contribution in [3.05, 3.63) is 54.1 Å². The molecular weight excluding hydrogens is 308 g/mol. The van der Waals surface area contributed by atoms with Gasteiger partial charge in [0, 0.05) is 17.3 Å². The fourth-order valence-corrected chi connectivity index (χ4v) is 1.91. The van der Waals surface area contributed by atoms with Crippen molar-refractivity contribution >= 4 is 29.2 Å². The van der Waals surface area contributed by atoms with E-state index < -0.39 is 0 Å². The molecule has 8 heteroatoms. The zero-order chi connectivity index (χ0) is 17.5. The van der Waals surface area contributed by atoms with Crippen molar-refractivity contribution in [2.45, 2.75) is 0 Å². The van der Waals surface area contributed by atoms with Crippen molar-refractivity contribution in [2.75, 3.05) is 12.4 Å². The lowest BCUT2D eigenvalue weighted by molar-refractivity contribution is 0.102. The van der Waals surface area contributed by atoms with Gasteiger partial charge in [-0.2, -0.15) is 4.99 Å². The second kappa shape index (κ2) is 7.63. The SMILES string of the molecule is COc1cccc(NC(=O)c2cccc(N=C(N)N=C(N)N)c2)c1. The molecule has 0 atom stereocenters. The predicted molar refractivity (Wildman–Crippen MR) is 94.5 cm³/mol. The number of ether oxygens (including phenoxy) is 1. The van der Waals surface area contributed by atoms with Crippen molar-refractivity contribution in [3.63, 3.8) is 0 Å². The van der Waals surface area contributed by atoms with Crippen molar-refractivity contribution < 1.29 is 9.53 Å². The summed E-state index contributed by atoms with van der Waals surface area (Å²) in [6.07, 6.45) is 0. The van der Waals surface area contributed by atoms with E-state index in [4.69, 9.17) is 21.9 Å². The topological polar surface area (TPSA) is 141 Å². The van der Waals surface area contributed by atoms with Crippen LogP contribution in [0.5, 0.6) is 5.75 Å². The average Bonchev–Trinajstić information content (AvgIpc) is 2.54. The van der Waals surface area contributed by atoms with Crippen molar-refractivity contribution in [2.24, 2.45) is 27.2 Å². The molecule has 0 saturated carbocycles. The molecule has 0 saturated heterocycles. The summed E-state index contributed by atoms with van der Waals surface area (Å²) in [7, 11) is 1.56. The minimum atomic E-state index is -0.291. The summed E-state index contributed by atoms with van der Waals surface area (Å²) in [5, 5.41) is 2.78. The highest BCUT2D eigenvalue weighted by Crippen LogP contribution is 2.19. The minimum Gasteiger partial charge on any atom is -0.497 e. The molecule has 0 radical (unpaired) electrons. The summed E-state index contributed by atoms with van der Waals surface area (Å²) < 4.78 is 5.12. The Labute approximate surface area is 139 Å². The van der Waals surface area contributed by atoms with Gasteiger partial charge >= 0.3 is 0 Å². The van der Waals surface area contributed by atoms with Crippen LogP contribution in [0, 0.1) is 0 Å². The Morgan fingerprint density at radius 2 is 1.83 bits per heavy atom. The van der Waals surface area contributed by atoms with Gasteiger partial charge in [0.25, 0.3) is 5.91 Å². The molecule has 0 aromatic heterocycles. The van der Waals surface area contributed by atoms with Gasteiger partial charge in [-0.1, -0.05) is 12.1 Å². The Hall–Kier alpha value is -3.55. The number of anilines is 1. The second-order valence-electron chi connectivity index (χ2n) is 4.74. The Kier molecular flexibility index (Phi) is 5.35. The predicted octanol–water partition coefficient (Wildman–Crippen LogP) is 1.17. The first-order valence-electron chi connectivity index (χ1n) is 6.97. The largest absolute Gasteiger partial charge is 0.497 e. The number of benzene rings is 2. The lowest BCUT2D eigenvalue weighted by Gasteiger charge is -2.07. The van der Waals surface area contributed by atoms with Crippen molar-refractivity contribution in [3.8, 4) is 5.75 Å². The van der Waals surface area contributed by atoms with Gasteiger partial charge in [0.1, 0.15) is 5.75 Å². The summed E-state index contributed by atoms with van der Waals surface area (Å²) in [6.45, 7) is 0. The number of guanidine groups is 2. The molecule has 0 aliphatic heterocycles. The Morgan fingerprint density at radius 3 is 2.54 bits per heavy atom. The standard InChI is InChI=1S/C16H18N6O2/c1-24-13-7-3-6-12(9-13)20-14(23)10-4-2-5-11(8-10)21-16(19)22-15(17)18/h2-9H,1H3,(H,20,23)(H6,17,18,19,21,22). The molecule has 0 aliphatic carbocycles. The number of amides is 1. The van der Waals surface area contributed by atoms with Gasteiger partial charge in [0.2, 0.25) is 5.96 Å². The van der Waals surface area contributed by atoms with E-state index >= 15 is 0 Å². The summed E-state index contributed by atoms with van der Waals surface area (Å²) in [4.78, 5) is 20.0. The van der Waals surface area contributed by atoms with E-state index in [0.717, 1.165) is 0 Å². The van der Waals surface area contributed by atoms with E-state index in [-0.39, 0.29) is 17.8 Å². The van der Waals surface area contributed by atoms with Crippen LogP contribution in [-0.4, -0.2) is 24.9 Å². The molecule has 1 amide bonds. The van der Waals surface area contributed by atoms with Crippen LogP contribution in [0.4, 0.5) is 11.4 Å². The fraction of sp³-hybridized carbons (Fsp3) is 0.0625. The van der Waals surface area contributed by atoms with Crippen LogP contribution in [0.3, 0.4) is 0 Å². The van der Waals surface area contributed by atoms with Gasteiger partial charge in [0.05, 0.1) is 12.8 Å². The van der Waals surface area contributed by atoms with Gasteiger partial charge in [-0.15, -0.1) is 0 Å². The fourth-order valence-electron chi connectivity index (χ4n) is 1.91. The molecule has 24 heavy (non-hydrogen) atoms. The minimum absolute atomic E-state index is 0.0969. The van der Waals surface area contributed by atoms with Gasteiger partial charge in [-0.25, -0.2) is 4.99 Å². The van der Waals surface area contributed by atoms with E-state index in [2.05, 4.69) is 15.3 Å². The maximum atomic E-state index is 12.3. The number of aliphatic imine (C=N–C) groups is 2. The van der Waals surface area contributed by atoms with E-state index in [1.165, 1.54) is 0 Å². The van der Waals surface area contributed by atoms with Gasteiger partial charge in [-0.05, 0) is 30.3 Å². The summed E-state index contributed by atoms with van der Waals surface area (Å²) in [5.41, 5.74) is 17.5. The highest BCUT2D eigenvalue weighted by atomic mass is 16.5. The molecule has 124 valence electrons. The monoisotopic (exact) mass is 326 g/mol. The van der Waals surface area contributed by atoms with Gasteiger partial charge in [-0.3, -0.25) is 4.79 Å². The number of nitrogens with two attached hydrogens (primary N) is 3. The van der Waals surface area contributed by atoms with Gasteiger partial charge in [0.15, 0.2) is 5.96 Å². The van der Waals surface area contributed by atoms with Crippen LogP contribution >= 0.6 is 0 Å². The second-order valence-corrected chi connectivity index (χ2v) is 4.74. The number of carbonyl (C=O) groups excluding carboxylic acids is 1. The summed E-state index contributed by atoms with van der Waals surface area (Å²) >= 11 is 0. The van der Waals surface area contributed by atoms with E-state index in [1.807, 2.05) is 0 Å². The van der Waals surface area contributed by atoms with E-state index in [9.17, 15) is 4.79 Å². The lowest BCUT2D eigenvalue weighted by atomic mass is 10.2. The van der Waals surface area contributed by atoms with Crippen LogP contribution < -0.4 is 27.3 Å². The van der Waals surface area contributed by atoms with Crippen LogP contribution in [0.15, 0.2) is 58.5 Å². The number of rotatable bonds is 4. The Morgan fingerprint density at radius 1 is 1.08 bits per heavy atom. The lowest BCUT2D eigenvalue weighted by Crippen LogP contribution is -2.26. The third-order valence-electron chi connectivity index (χ3n) is 2.92. The maximum Gasteiger partial charge on any atom is 0.255 e. The number of nitrogens with one attached hydrogen (secondary N) is 1. The molecule has 0 heterocycles. The number of hydrogen-bond donors (Lipinski definition) is 4. The number of nitrogens with zero attached hydrogens (tertiary/aromatic N) is 2. The highest BCUT2D eigenvalue weighted by molar-refractivity contribution is 6.05. The Balaban J connectivity index is 2.18. The zero-order valence-corrected chi connectivity index (χ0v) is 13.1. The third kappa shape index (κ3) is 4.73.